The quantitative estimate of drug-likeness (QED) is 0.882. The summed E-state index contributed by atoms with van der Waals surface area (Å²) < 4.78 is 0. The largest absolute Gasteiger partial charge is 0.368 e. The average molecular weight is 327 g/mol. The highest BCUT2D eigenvalue weighted by Crippen LogP contribution is 2.75. The lowest BCUT2D eigenvalue weighted by molar-refractivity contribution is -0.143. The molecule has 5 nitrogen and oxygen atoms in total. The Morgan fingerprint density at radius 3 is 2.62 bits per heavy atom. The molecule has 1 heterocycles. The second-order valence-corrected chi connectivity index (χ2v) is 8.20. The number of nitrogens with one attached hydrogen (secondary N) is 1. The third-order valence-electron chi connectivity index (χ3n) is 7.43. The van der Waals surface area contributed by atoms with E-state index in [9.17, 15) is 9.59 Å². The van der Waals surface area contributed by atoms with E-state index in [1.807, 2.05) is 35.3 Å². The second kappa shape index (κ2) is 4.82. The predicted octanol–water partition coefficient (Wildman–Crippen LogP) is 1.63. The summed E-state index contributed by atoms with van der Waals surface area (Å²) in [4.78, 5) is 25.0. The van der Waals surface area contributed by atoms with Crippen LogP contribution < -0.4 is 11.2 Å². The van der Waals surface area contributed by atoms with Crippen LogP contribution in [0.5, 0.6) is 0 Å². The Morgan fingerprint density at radius 2 is 2.00 bits per heavy atom. The predicted molar refractivity (Wildman–Crippen MR) is 90.5 cm³/mol. The number of nitrogens with two attached hydrogens (primary N) is 1. The molecule has 2 aliphatic carbocycles. The molecule has 4 atom stereocenters. The summed E-state index contributed by atoms with van der Waals surface area (Å²) in [5, 5.41) is 1.87. The van der Waals surface area contributed by atoms with Crippen LogP contribution in [0.4, 0.5) is 0 Å². The lowest BCUT2D eigenvalue weighted by Crippen LogP contribution is -2.66. The fraction of sp³-hybridized carbons (Fsp3) is 0.579. The summed E-state index contributed by atoms with van der Waals surface area (Å²) in [5.74, 6) is 0.144. The maximum absolute atomic E-state index is 12.5. The Hall–Kier alpha value is -1.88. The normalized spacial score (nSPS) is 40.0. The molecule has 5 heteroatoms. The molecule has 2 saturated carbocycles. The van der Waals surface area contributed by atoms with E-state index in [2.05, 4.69) is 19.3 Å². The number of piperidine rings is 1. The zero-order valence-electron chi connectivity index (χ0n) is 14.3. The first kappa shape index (κ1) is 15.6. The van der Waals surface area contributed by atoms with Gasteiger partial charge in [-0.15, -0.1) is 0 Å². The standard InChI is InChI=1S/C19H25N3O2/c1-17-12-22(21-15(23)10-13-6-4-3-5-7-13)19(16(20)24)11-14(17)8-9-18(17,19)2/h3-7,14H,8-12H2,1-2H3,(H2,20,24)(H,21,23)/t14-,17-,18+,19-/m1/s1. The van der Waals surface area contributed by atoms with Gasteiger partial charge in [0.05, 0.1) is 6.42 Å². The summed E-state index contributed by atoms with van der Waals surface area (Å²) >= 11 is 0. The fourth-order valence-corrected chi connectivity index (χ4v) is 5.89. The maximum atomic E-state index is 12.5. The van der Waals surface area contributed by atoms with E-state index in [1.54, 1.807) is 0 Å². The van der Waals surface area contributed by atoms with Crippen molar-refractivity contribution < 1.29 is 9.59 Å². The van der Waals surface area contributed by atoms with E-state index in [4.69, 9.17) is 5.73 Å². The van der Waals surface area contributed by atoms with Crippen molar-refractivity contribution in [2.24, 2.45) is 22.5 Å². The van der Waals surface area contributed by atoms with E-state index in [0.29, 0.717) is 18.9 Å². The summed E-state index contributed by atoms with van der Waals surface area (Å²) in [7, 11) is 0. The fourth-order valence-electron chi connectivity index (χ4n) is 5.89. The lowest BCUT2D eigenvalue weighted by atomic mass is 9.65. The smallest absolute Gasteiger partial charge is 0.240 e. The summed E-state index contributed by atoms with van der Waals surface area (Å²) in [6.07, 6.45) is 3.24. The van der Waals surface area contributed by atoms with Crippen LogP contribution in [0, 0.1) is 16.7 Å². The molecule has 128 valence electrons. The zero-order valence-corrected chi connectivity index (χ0v) is 14.3. The first-order valence-electron chi connectivity index (χ1n) is 8.74. The van der Waals surface area contributed by atoms with Gasteiger partial charge in [0.15, 0.2) is 0 Å². The highest BCUT2D eigenvalue weighted by atomic mass is 16.2. The minimum absolute atomic E-state index is 0.0437. The number of primary amides is 1. The third-order valence-corrected chi connectivity index (χ3v) is 7.43. The van der Waals surface area contributed by atoms with Gasteiger partial charge in [-0.05, 0) is 36.2 Å². The number of rotatable bonds is 4. The minimum atomic E-state index is -0.739. The first-order chi connectivity index (χ1) is 11.3. The molecule has 1 aliphatic heterocycles. The van der Waals surface area contributed by atoms with E-state index < -0.39 is 5.54 Å². The van der Waals surface area contributed by atoms with Crippen molar-refractivity contribution in [3.8, 4) is 0 Å². The Bertz CT molecular complexity index is 706. The lowest BCUT2D eigenvalue weighted by Gasteiger charge is -2.45. The van der Waals surface area contributed by atoms with Crippen LogP contribution >= 0.6 is 0 Å². The Labute approximate surface area is 142 Å². The first-order valence-corrected chi connectivity index (χ1v) is 8.74. The van der Waals surface area contributed by atoms with E-state index in [0.717, 1.165) is 24.8 Å². The molecule has 1 saturated heterocycles. The van der Waals surface area contributed by atoms with Crippen molar-refractivity contribution in [3.63, 3.8) is 0 Å². The van der Waals surface area contributed by atoms with Crippen LogP contribution in [0.2, 0.25) is 0 Å². The van der Waals surface area contributed by atoms with Crippen LogP contribution in [0.3, 0.4) is 0 Å². The van der Waals surface area contributed by atoms with E-state index >= 15 is 0 Å². The number of benzene rings is 1. The van der Waals surface area contributed by atoms with Gasteiger partial charge in [0.1, 0.15) is 5.54 Å². The molecule has 4 bridgehead atoms. The molecule has 2 amide bonds. The van der Waals surface area contributed by atoms with Gasteiger partial charge < -0.3 is 5.73 Å². The molecule has 3 aliphatic rings. The molecule has 1 aromatic carbocycles. The number of nitrogens with zero attached hydrogens (tertiary/aromatic N) is 1. The minimum Gasteiger partial charge on any atom is -0.368 e. The van der Waals surface area contributed by atoms with Crippen molar-refractivity contribution in [3.05, 3.63) is 35.9 Å². The van der Waals surface area contributed by atoms with Crippen LogP contribution in [-0.4, -0.2) is 28.9 Å². The van der Waals surface area contributed by atoms with Gasteiger partial charge >= 0.3 is 0 Å². The van der Waals surface area contributed by atoms with Crippen LogP contribution in [0.1, 0.15) is 38.7 Å². The van der Waals surface area contributed by atoms with Gasteiger partial charge in [0.25, 0.3) is 0 Å². The molecule has 0 radical (unpaired) electrons. The molecule has 0 aromatic heterocycles. The molecule has 3 N–H and O–H groups in total. The molecule has 4 rings (SSSR count). The van der Waals surface area contributed by atoms with Crippen LogP contribution in [0.25, 0.3) is 0 Å². The Morgan fingerprint density at radius 1 is 1.29 bits per heavy atom. The number of carbonyl (C=O) groups excluding carboxylic acids is 2. The molecular formula is C19H25N3O2. The van der Waals surface area contributed by atoms with Crippen LogP contribution in [-0.2, 0) is 16.0 Å². The molecular weight excluding hydrogens is 302 g/mol. The molecule has 0 unspecified atom stereocenters. The van der Waals surface area contributed by atoms with E-state index in [-0.39, 0.29) is 22.6 Å². The van der Waals surface area contributed by atoms with E-state index in [1.165, 1.54) is 0 Å². The van der Waals surface area contributed by atoms with Crippen molar-refractivity contribution in [1.29, 1.82) is 0 Å². The van der Waals surface area contributed by atoms with Gasteiger partial charge in [-0.3, -0.25) is 15.0 Å². The Kier molecular flexibility index (Phi) is 3.14. The zero-order chi connectivity index (χ0) is 17.2. The monoisotopic (exact) mass is 327 g/mol. The molecule has 0 spiro atoms. The van der Waals surface area contributed by atoms with Crippen molar-refractivity contribution in [2.45, 2.75) is 45.1 Å². The number of carbonyl (C=O) groups is 2. The van der Waals surface area contributed by atoms with Gasteiger partial charge in [0.2, 0.25) is 11.8 Å². The van der Waals surface area contributed by atoms with Gasteiger partial charge in [-0.1, -0.05) is 44.2 Å². The molecule has 3 fully saturated rings. The second-order valence-electron chi connectivity index (χ2n) is 8.20. The highest BCUT2D eigenvalue weighted by Gasteiger charge is 2.80. The van der Waals surface area contributed by atoms with Crippen LogP contribution in [0.15, 0.2) is 30.3 Å². The maximum Gasteiger partial charge on any atom is 0.240 e. The number of hydrazine groups is 1. The van der Waals surface area contributed by atoms with Crippen molar-refractivity contribution in [1.82, 2.24) is 10.4 Å². The number of hydrogen-bond donors (Lipinski definition) is 2. The molecule has 24 heavy (non-hydrogen) atoms. The third kappa shape index (κ3) is 1.68. The number of amides is 2. The summed E-state index contributed by atoms with van der Waals surface area (Å²) in [6.45, 7) is 5.16. The topological polar surface area (TPSA) is 75.4 Å². The van der Waals surface area contributed by atoms with Gasteiger partial charge in [-0.25, -0.2) is 5.01 Å². The number of hydrogen-bond acceptors (Lipinski definition) is 3. The average Bonchev–Trinajstić information content (AvgIpc) is 2.97. The summed E-state index contributed by atoms with van der Waals surface area (Å²) in [5.41, 5.74) is 9.01. The highest BCUT2D eigenvalue weighted by molar-refractivity contribution is 5.88. The van der Waals surface area contributed by atoms with Gasteiger partial charge in [-0.2, -0.15) is 0 Å². The molecule has 1 aromatic rings. The SMILES string of the molecule is C[C@@]12CC[C@@H]3C[C@]1(C(N)=O)N(NC(=O)Cc1ccccc1)C[C@]32C. The van der Waals surface area contributed by atoms with Crippen molar-refractivity contribution >= 4 is 11.8 Å². The Balaban J connectivity index is 1.59. The summed E-state index contributed by atoms with van der Waals surface area (Å²) in [6, 6.07) is 9.65. The van der Waals surface area contributed by atoms with Crippen molar-refractivity contribution in [2.75, 3.05) is 6.54 Å². The van der Waals surface area contributed by atoms with Gasteiger partial charge in [0, 0.05) is 12.0 Å².